The molecule has 32 heavy (non-hydrogen) atoms. The standard InChI is InChI=1S/C14H13Cl.C11H17N5O/c1-11-7-8-14(15)13(9-11)10-12-5-3-2-4-6-12;12-4-10-7-16(2-1-15-10)11(17)8-3-9(13)6-14-5-8/h2-9H,10H2,1H3;3,5-6,10,15H,1-2,4,7,12-13H2. The van der Waals surface area contributed by atoms with Gasteiger partial charge in [-0.2, -0.15) is 0 Å². The van der Waals surface area contributed by atoms with Crippen molar-refractivity contribution in [3.8, 4) is 0 Å². The largest absolute Gasteiger partial charge is 0.397 e. The van der Waals surface area contributed by atoms with Crippen molar-refractivity contribution in [2.75, 3.05) is 31.9 Å². The van der Waals surface area contributed by atoms with E-state index in [1.54, 1.807) is 11.0 Å². The minimum atomic E-state index is -0.0373. The van der Waals surface area contributed by atoms with E-state index >= 15 is 0 Å². The Labute approximate surface area is 194 Å². The van der Waals surface area contributed by atoms with Crippen LogP contribution >= 0.6 is 11.6 Å². The Hall–Kier alpha value is -2.93. The topological polar surface area (TPSA) is 97.3 Å². The molecule has 0 aliphatic carbocycles. The number of rotatable bonds is 4. The van der Waals surface area contributed by atoms with Gasteiger partial charge in [0.15, 0.2) is 0 Å². The highest BCUT2D eigenvalue weighted by Gasteiger charge is 2.23. The van der Waals surface area contributed by atoms with Gasteiger partial charge in [0.1, 0.15) is 0 Å². The summed E-state index contributed by atoms with van der Waals surface area (Å²) in [6.45, 7) is 4.70. The summed E-state index contributed by atoms with van der Waals surface area (Å²) in [5.74, 6) is -0.0373. The third-order valence-corrected chi connectivity index (χ3v) is 5.64. The van der Waals surface area contributed by atoms with Gasteiger partial charge < -0.3 is 21.7 Å². The SMILES string of the molecule is Cc1ccc(Cl)c(Cc2ccccc2)c1.NCC1CN(C(=O)c2cncc(N)c2)CCN1. The number of benzene rings is 2. The smallest absolute Gasteiger partial charge is 0.255 e. The summed E-state index contributed by atoms with van der Waals surface area (Å²) >= 11 is 6.15. The first-order valence-electron chi connectivity index (χ1n) is 10.7. The van der Waals surface area contributed by atoms with Gasteiger partial charge in [0, 0.05) is 49.6 Å². The Morgan fingerprint density at radius 2 is 1.97 bits per heavy atom. The number of carbonyl (C=O) groups is 1. The van der Waals surface area contributed by atoms with Gasteiger partial charge in [0.25, 0.3) is 5.91 Å². The molecule has 1 fully saturated rings. The predicted octanol–water partition coefficient (Wildman–Crippen LogP) is 3.28. The number of aryl methyl sites for hydroxylation is 1. The number of amides is 1. The lowest BCUT2D eigenvalue weighted by Crippen LogP contribution is -2.55. The van der Waals surface area contributed by atoms with Crippen LogP contribution in [0.2, 0.25) is 5.02 Å². The molecule has 1 aliphatic heterocycles. The number of nitrogens with two attached hydrogens (primary N) is 2. The van der Waals surface area contributed by atoms with Crippen LogP contribution in [0.25, 0.3) is 0 Å². The first-order valence-corrected chi connectivity index (χ1v) is 11.1. The number of nitrogens with zero attached hydrogens (tertiary/aromatic N) is 2. The number of carbonyl (C=O) groups excluding carboxylic acids is 1. The number of nitrogen functional groups attached to an aromatic ring is 1. The highest BCUT2D eigenvalue weighted by molar-refractivity contribution is 6.31. The van der Waals surface area contributed by atoms with Crippen molar-refractivity contribution in [2.45, 2.75) is 19.4 Å². The van der Waals surface area contributed by atoms with Crippen LogP contribution in [0.15, 0.2) is 67.0 Å². The van der Waals surface area contributed by atoms with Gasteiger partial charge in [-0.25, -0.2) is 0 Å². The monoisotopic (exact) mass is 451 g/mol. The molecule has 6 nitrogen and oxygen atoms in total. The average Bonchev–Trinajstić information content (AvgIpc) is 2.82. The lowest BCUT2D eigenvalue weighted by atomic mass is 10.0. The minimum absolute atomic E-state index is 0.0373. The van der Waals surface area contributed by atoms with Crippen molar-refractivity contribution in [1.82, 2.24) is 15.2 Å². The molecule has 0 radical (unpaired) electrons. The molecule has 1 aliphatic rings. The number of nitrogens with one attached hydrogen (secondary N) is 1. The molecule has 1 saturated heterocycles. The second-order valence-electron chi connectivity index (χ2n) is 7.90. The van der Waals surface area contributed by atoms with Gasteiger partial charge in [0.05, 0.1) is 11.3 Å². The molecule has 0 spiro atoms. The zero-order valence-electron chi connectivity index (χ0n) is 18.3. The van der Waals surface area contributed by atoms with Crippen LogP contribution < -0.4 is 16.8 Å². The number of aromatic nitrogens is 1. The Morgan fingerprint density at radius 3 is 2.69 bits per heavy atom. The summed E-state index contributed by atoms with van der Waals surface area (Å²) < 4.78 is 0. The number of halogens is 1. The Kier molecular flexibility index (Phi) is 8.62. The fraction of sp³-hybridized carbons (Fsp3) is 0.280. The van der Waals surface area contributed by atoms with Gasteiger partial charge in [-0.1, -0.05) is 59.6 Å². The number of piperazine rings is 1. The van der Waals surface area contributed by atoms with Crippen molar-refractivity contribution in [2.24, 2.45) is 5.73 Å². The fourth-order valence-corrected chi connectivity index (χ4v) is 3.76. The third-order valence-electron chi connectivity index (χ3n) is 5.27. The van der Waals surface area contributed by atoms with E-state index in [0.29, 0.717) is 30.9 Å². The quantitative estimate of drug-likeness (QED) is 0.565. The van der Waals surface area contributed by atoms with Gasteiger partial charge in [-0.05, 0) is 36.6 Å². The lowest BCUT2D eigenvalue weighted by Gasteiger charge is -2.33. The fourth-order valence-electron chi connectivity index (χ4n) is 3.58. The maximum atomic E-state index is 12.2. The van der Waals surface area contributed by atoms with Crippen LogP contribution in [0.4, 0.5) is 5.69 Å². The summed E-state index contributed by atoms with van der Waals surface area (Å²) in [5, 5.41) is 4.11. The molecule has 2 aromatic carbocycles. The van der Waals surface area contributed by atoms with Crippen molar-refractivity contribution < 1.29 is 4.79 Å². The van der Waals surface area contributed by atoms with Crippen molar-refractivity contribution in [3.05, 3.63) is 94.3 Å². The normalized spacial score (nSPS) is 15.6. The summed E-state index contributed by atoms with van der Waals surface area (Å²) in [6, 6.07) is 18.4. The molecule has 1 atom stereocenters. The zero-order chi connectivity index (χ0) is 22.9. The molecule has 1 amide bonds. The molecule has 7 heteroatoms. The van der Waals surface area contributed by atoms with Gasteiger partial charge >= 0.3 is 0 Å². The van der Waals surface area contributed by atoms with E-state index in [2.05, 4.69) is 47.6 Å². The first-order chi connectivity index (χ1) is 15.5. The number of pyridine rings is 1. The summed E-state index contributed by atoms with van der Waals surface area (Å²) in [4.78, 5) is 17.9. The summed E-state index contributed by atoms with van der Waals surface area (Å²) in [5.41, 5.74) is 16.0. The van der Waals surface area contributed by atoms with E-state index < -0.39 is 0 Å². The van der Waals surface area contributed by atoms with Gasteiger partial charge in [0.2, 0.25) is 0 Å². The van der Waals surface area contributed by atoms with Crippen LogP contribution in [0.5, 0.6) is 0 Å². The molecule has 0 bridgehead atoms. The summed E-state index contributed by atoms with van der Waals surface area (Å²) in [6.07, 6.45) is 3.97. The molecule has 4 rings (SSSR count). The predicted molar refractivity (Wildman–Crippen MR) is 131 cm³/mol. The highest BCUT2D eigenvalue weighted by atomic mass is 35.5. The minimum Gasteiger partial charge on any atom is -0.397 e. The van der Waals surface area contributed by atoms with Gasteiger partial charge in [-0.15, -0.1) is 0 Å². The Morgan fingerprint density at radius 1 is 1.19 bits per heavy atom. The molecule has 1 unspecified atom stereocenters. The van der Waals surface area contributed by atoms with Crippen molar-refractivity contribution in [1.29, 1.82) is 0 Å². The molecule has 1 aromatic heterocycles. The van der Waals surface area contributed by atoms with Crippen LogP contribution in [-0.4, -0.2) is 48.0 Å². The van der Waals surface area contributed by atoms with Crippen LogP contribution in [0.1, 0.15) is 27.0 Å². The molecular weight excluding hydrogens is 422 g/mol. The molecule has 2 heterocycles. The molecule has 3 aromatic rings. The second kappa shape index (κ2) is 11.6. The molecule has 0 saturated carbocycles. The maximum absolute atomic E-state index is 12.2. The third kappa shape index (κ3) is 6.79. The number of anilines is 1. The van der Waals surface area contributed by atoms with Crippen LogP contribution in [-0.2, 0) is 6.42 Å². The highest BCUT2D eigenvalue weighted by Crippen LogP contribution is 2.20. The van der Waals surface area contributed by atoms with E-state index in [1.807, 2.05) is 18.2 Å². The van der Waals surface area contributed by atoms with E-state index in [0.717, 1.165) is 18.0 Å². The van der Waals surface area contributed by atoms with Crippen LogP contribution in [0, 0.1) is 6.92 Å². The van der Waals surface area contributed by atoms with Gasteiger partial charge in [-0.3, -0.25) is 9.78 Å². The Bertz CT molecular complexity index is 1030. The van der Waals surface area contributed by atoms with E-state index in [9.17, 15) is 4.79 Å². The maximum Gasteiger partial charge on any atom is 0.255 e. The Balaban J connectivity index is 0.000000182. The first kappa shape index (κ1) is 23.7. The zero-order valence-corrected chi connectivity index (χ0v) is 19.1. The number of hydrogen-bond acceptors (Lipinski definition) is 5. The van der Waals surface area contributed by atoms with E-state index in [1.165, 1.54) is 29.1 Å². The molecule has 5 N–H and O–H groups in total. The van der Waals surface area contributed by atoms with E-state index in [4.69, 9.17) is 23.1 Å². The van der Waals surface area contributed by atoms with Crippen LogP contribution in [0.3, 0.4) is 0 Å². The molecular formula is C25H30ClN5O. The van der Waals surface area contributed by atoms with E-state index in [-0.39, 0.29) is 11.9 Å². The lowest BCUT2D eigenvalue weighted by molar-refractivity contribution is 0.0705. The van der Waals surface area contributed by atoms with Crippen molar-refractivity contribution >= 4 is 23.2 Å². The molecule has 168 valence electrons. The second-order valence-corrected chi connectivity index (χ2v) is 8.31. The average molecular weight is 452 g/mol. The van der Waals surface area contributed by atoms with Crippen molar-refractivity contribution in [3.63, 3.8) is 0 Å². The number of hydrogen-bond donors (Lipinski definition) is 3. The summed E-state index contributed by atoms with van der Waals surface area (Å²) in [7, 11) is 0.